The van der Waals surface area contributed by atoms with Crippen molar-refractivity contribution in [1.29, 1.82) is 5.26 Å². The number of rotatable bonds is 1. The van der Waals surface area contributed by atoms with Crippen LogP contribution >= 0.6 is 15.9 Å². The van der Waals surface area contributed by atoms with E-state index in [4.69, 9.17) is 5.26 Å². The van der Waals surface area contributed by atoms with Gasteiger partial charge in [0.1, 0.15) is 0 Å². The van der Waals surface area contributed by atoms with Crippen molar-refractivity contribution in [2.45, 2.75) is 25.7 Å². The third-order valence-corrected chi connectivity index (χ3v) is 3.10. The van der Waals surface area contributed by atoms with Crippen LogP contribution in [-0.4, -0.2) is 5.33 Å². The molecule has 56 valence electrons. The van der Waals surface area contributed by atoms with Gasteiger partial charge in [-0.25, -0.2) is 0 Å². The van der Waals surface area contributed by atoms with Crippen LogP contribution in [0.2, 0.25) is 0 Å². The normalized spacial score (nSPS) is 33.2. The molecular formula is C8H12BrN. The average molecular weight is 202 g/mol. The van der Waals surface area contributed by atoms with E-state index in [0.717, 1.165) is 24.1 Å². The quantitative estimate of drug-likeness (QED) is 0.599. The Balaban J connectivity index is 2.33. The van der Waals surface area contributed by atoms with Crippen LogP contribution in [0.15, 0.2) is 0 Å². The van der Waals surface area contributed by atoms with Crippen molar-refractivity contribution in [1.82, 2.24) is 0 Å². The summed E-state index contributed by atoms with van der Waals surface area (Å²) in [4.78, 5) is 0. The molecule has 1 rings (SSSR count). The zero-order chi connectivity index (χ0) is 7.40. The standard InChI is InChI=1S/C8H12BrN/c9-5-7-2-1-3-8(4-7)6-10/h7-8H,1-5H2. The molecule has 0 heterocycles. The Bertz CT molecular complexity index is 139. The van der Waals surface area contributed by atoms with Gasteiger partial charge in [-0.2, -0.15) is 5.26 Å². The Labute approximate surface area is 70.5 Å². The molecule has 0 spiro atoms. The van der Waals surface area contributed by atoms with Crippen molar-refractivity contribution < 1.29 is 0 Å². The summed E-state index contributed by atoms with van der Waals surface area (Å²) in [6, 6.07) is 2.35. The van der Waals surface area contributed by atoms with Gasteiger partial charge < -0.3 is 0 Å². The van der Waals surface area contributed by atoms with E-state index in [-0.39, 0.29) is 0 Å². The molecule has 0 aromatic carbocycles. The van der Waals surface area contributed by atoms with Crippen LogP contribution in [0.4, 0.5) is 0 Å². The van der Waals surface area contributed by atoms with Crippen LogP contribution in [0.5, 0.6) is 0 Å². The van der Waals surface area contributed by atoms with Gasteiger partial charge in [0.15, 0.2) is 0 Å². The topological polar surface area (TPSA) is 23.8 Å². The molecule has 2 heteroatoms. The van der Waals surface area contributed by atoms with Gasteiger partial charge >= 0.3 is 0 Å². The lowest BCUT2D eigenvalue weighted by Crippen LogP contribution is -2.14. The van der Waals surface area contributed by atoms with Crippen molar-refractivity contribution >= 4 is 15.9 Å². The lowest BCUT2D eigenvalue weighted by atomic mass is 9.83. The maximum atomic E-state index is 8.64. The molecule has 2 unspecified atom stereocenters. The SMILES string of the molecule is N#CC1CCCC(CBr)C1. The van der Waals surface area contributed by atoms with Gasteiger partial charge in [0.05, 0.1) is 6.07 Å². The smallest absolute Gasteiger partial charge is 0.0655 e. The summed E-state index contributed by atoms with van der Waals surface area (Å²) in [6.07, 6.45) is 4.79. The van der Waals surface area contributed by atoms with E-state index in [2.05, 4.69) is 22.0 Å². The van der Waals surface area contributed by atoms with Crippen molar-refractivity contribution in [3.8, 4) is 6.07 Å². The van der Waals surface area contributed by atoms with Gasteiger partial charge in [0, 0.05) is 11.2 Å². The zero-order valence-electron chi connectivity index (χ0n) is 6.02. The third-order valence-electron chi connectivity index (χ3n) is 2.18. The predicted octanol–water partition coefficient (Wildman–Crippen LogP) is 2.71. The van der Waals surface area contributed by atoms with Crippen LogP contribution in [0, 0.1) is 23.2 Å². The second kappa shape index (κ2) is 3.98. The average Bonchev–Trinajstić information content (AvgIpc) is 2.05. The monoisotopic (exact) mass is 201 g/mol. The maximum Gasteiger partial charge on any atom is 0.0655 e. The summed E-state index contributed by atoms with van der Waals surface area (Å²) >= 11 is 3.46. The molecule has 0 N–H and O–H groups in total. The second-order valence-electron chi connectivity index (χ2n) is 3.01. The highest BCUT2D eigenvalue weighted by Gasteiger charge is 2.20. The van der Waals surface area contributed by atoms with Crippen molar-refractivity contribution in [3.63, 3.8) is 0 Å². The summed E-state index contributed by atoms with van der Waals surface area (Å²) in [5.74, 6) is 1.11. The Hall–Kier alpha value is -0.0300. The minimum absolute atomic E-state index is 0.344. The first kappa shape index (κ1) is 8.07. The maximum absolute atomic E-state index is 8.64. The molecule has 10 heavy (non-hydrogen) atoms. The van der Waals surface area contributed by atoms with Crippen LogP contribution < -0.4 is 0 Å². The summed E-state index contributed by atoms with van der Waals surface area (Å²) < 4.78 is 0. The highest BCUT2D eigenvalue weighted by Crippen LogP contribution is 2.29. The molecule has 0 aromatic rings. The van der Waals surface area contributed by atoms with E-state index >= 15 is 0 Å². The molecule has 1 saturated carbocycles. The van der Waals surface area contributed by atoms with Crippen molar-refractivity contribution in [2.75, 3.05) is 5.33 Å². The lowest BCUT2D eigenvalue weighted by molar-refractivity contribution is 0.337. The number of hydrogen-bond acceptors (Lipinski definition) is 1. The number of alkyl halides is 1. The minimum Gasteiger partial charge on any atom is -0.198 e. The summed E-state index contributed by atoms with van der Waals surface area (Å²) in [5.41, 5.74) is 0. The number of halogens is 1. The summed E-state index contributed by atoms with van der Waals surface area (Å²) in [5, 5.41) is 9.71. The molecule has 0 amide bonds. The number of nitriles is 1. The van der Waals surface area contributed by atoms with Crippen LogP contribution in [0.3, 0.4) is 0 Å². The third kappa shape index (κ3) is 1.98. The molecule has 0 aromatic heterocycles. The molecule has 2 atom stereocenters. The first-order chi connectivity index (χ1) is 4.86. The van der Waals surface area contributed by atoms with E-state index in [1.54, 1.807) is 0 Å². The molecule has 1 nitrogen and oxygen atoms in total. The number of nitrogens with zero attached hydrogens (tertiary/aromatic N) is 1. The zero-order valence-corrected chi connectivity index (χ0v) is 7.60. The van der Waals surface area contributed by atoms with E-state index < -0.39 is 0 Å². The molecule has 0 saturated heterocycles. The van der Waals surface area contributed by atoms with E-state index in [1.807, 2.05) is 0 Å². The van der Waals surface area contributed by atoms with E-state index in [0.29, 0.717) is 5.92 Å². The van der Waals surface area contributed by atoms with Gasteiger partial charge in [-0.15, -0.1) is 0 Å². The molecule has 0 aliphatic heterocycles. The first-order valence-electron chi connectivity index (χ1n) is 3.82. The number of hydrogen-bond donors (Lipinski definition) is 0. The highest BCUT2D eigenvalue weighted by atomic mass is 79.9. The van der Waals surface area contributed by atoms with Gasteiger partial charge in [-0.05, 0) is 25.2 Å². The molecular weight excluding hydrogens is 190 g/mol. The Morgan fingerprint density at radius 3 is 2.90 bits per heavy atom. The lowest BCUT2D eigenvalue weighted by Gasteiger charge is -2.22. The fraction of sp³-hybridized carbons (Fsp3) is 0.875. The molecule has 0 radical (unpaired) electrons. The molecule has 0 bridgehead atoms. The molecule has 1 fully saturated rings. The molecule has 1 aliphatic carbocycles. The molecule has 1 aliphatic rings. The predicted molar refractivity (Wildman–Crippen MR) is 44.9 cm³/mol. The fourth-order valence-corrected chi connectivity index (χ4v) is 2.14. The van der Waals surface area contributed by atoms with Gasteiger partial charge in [-0.3, -0.25) is 0 Å². The minimum atomic E-state index is 0.344. The van der Waals surface area contributed by atoms with Crippen LogP contribution in [0.1, 0.15) is 25.7 Å². The Kier molecular flexibility index (Phi) is 3.21. The van der Waals surface area contributed by atoms with Crippen LogP contribution in [0.25, 0.3) is 0 Å². The van der Waals surface area contributed by atoms with E-state index in [9.17, 15) is 0 Å². The van der Waals surface area contributed by atoms with E-state index in [1.165, 1.54) is 12.8 Å². The van der Waals surface area contributed by atoms with Gasteiger partial charge in [0.2, 0.25) is 0 Å². The summed E-state index contributed by atoms with van der Waals surface area (Å²) in [6.45, 7) is 0. The van der Waals surface area contributed by atoms with Gasteiger partial charge in [0.25, 0.3) is 0 Å². The van der Waals surface area contributed by atoms with Crippen LogP contribution in [-0.2, 0) is 0 Å². The Morgan fingerprint density at radius 2 is 2.30 bits per heavy atom. The second-order valence-corrected chi connectivity index (χ2v) is 3.66. The van der Waals surface area contributed by atoms with Crippen molar-refractivity contribution in [2.24, 2.45) is 11.8 Å². The largest absolute Gasteiger partial charge is 0.198 e. The first-order valence-corrected chi connectivity index (χ1v) is 4.94. The Morgan fingerprint density at radius 1 is 1.50 bits per heavy atom. The van der Waals surface area contributed by atoms with Crippen molar-refractivity contribution in [3.05, 3.63) is 0 Å². The highest BCUT2D eigenvalue weighted by molar-refractivity contribution is 9.09. The fourth-order valence-electron chi connectivity index (χ4n) is 1.55. The van der Waals surface area contributed by atoms with Gasteiger partial charge in [-0.1, -0.05) is 22.4 Å². The summed E-state index contributed by atoms with van der Waals surface area (Å²) in [7, 11) is 0.